The topological polar surface area (TPSA) is 102 Å². The predicted molar refractivity (Wildman–Crippen MR) is 122 cm³/mol. The Hall–Kier alpha value is -3.72. The normalized spacial score (nSPS) is 16.1. The van der Waals surface area contributed by atoms with Crippen molar-refractivity contribution in [3.05, 3.63) is 78.4 Å². The van der Waals surface area contributed by atoms with Crippen LogP contribution >= 0.6 is 0 Å². The number of ether oxygens (including phenoxy) is 2. The van der Waals surface area contributed by atoms with Crippen molar-refractivity contribution in [3.63, 3.8) is 0 Å². The number of hydrogen-bond acceptors (Lipinski definition) is 8. The average Bonchev–Trinajstić information content (AvgIpc) is 2.80. The van der Waals surface area contributed by atoms with Crippen LogP contribution in [0.5, 0.6) is 11.5 Å². The number of nitrogens with zero attached hydrogens (tertiary/aromatic N) is 3. The van der Waals surface area contributed by atoms with Gasteiger partial charge in [0, 0.05) is 6.42 Å². The number of aryl methyl sites for hydroxylation is 1. The first-order valence-electron chi connectivity index (χ1n) is 10.0. The summed E-state index contributed by atoms with van der Waals surface area (Å²) in [5.74, 6) is 1.03. The first-order valence-corrected chi connectivity index (χ1v) is 11.5. The van der Waals surface area contributed by atoms with Gasteiger partial charge in [-0.25, -0.2) is 8.42 Å². The largest absolute Gasteiger partial charge is 0.491 e. The summed E-state index contributed by atoms with van der Waals surface area (Å²) in [6, 6.07) is 20.6. The molecule has 0 saturated heterocycles. The summed E-state index contributed by atoms with van der Waals surface area (Å²) in [6.07, 6.45) is 0.649. The Bertz CT molecular complexity index is 1250. The summed E-state index contributed by atoms with van der Waals surface area (Å²) in [7, 11) is -4.04. The molecular weight excluding hydrogens is 428 g/mol. The van der Waals surface area contributed by atoms with Crippen molar-refractivity contribution in [2.24, 2.45) is 15.3 Å². The first kappa shape index (κ1) is 21.5. The molecule has 0 aliphatic carbocycles. The second-order valence-electron chi connectivity index (χ2n) is 7.04. The minimum absolute atomic E-state index is 0.0674. The lowest BCUT2D eigenvalue weighted by Crippen LogP contribution is -2.15. The molecular formula is C23H22N4O4S. The van der Waals surface area contributed by atoms with Crippen molar-refractivity contribution < 1.29 is 17.9 Å². The molecule has 9 heteroatoms. The lowest BCUT2D eigenvalue weighted by atomic mass is 10.2. The van der Waals surface area contributed by atoms with Crippen molar-refractivity contribution in [2.45, 2.75) is 18.2 Å². The van der Waals surface area contributed by atoms with E-state index in [-0.39, 0.29) is 4.90 Å². The Morgan fingerprint density at radius 1 is 0.812 bits per heavy atom. The maximum absolute atomic E-state index is 13.3. The van der Waals surface area contributed by atoms with Crippen molar-refractivity contribution in [1.82, 2.24) is 0 Å². The highest BCUT2D eigenvalue weighted by Gasteiger charge is 2.24. The van der Waals surface area contributed by atoms with Crippen molar-refractivity contribution in [1.29, 1.82) is 0 Å². The number of fused-ring (bicyclic) bond motifs is 2. The highest BCUT2D eigenvalue weighted by atomic mass is 32.2. The summed E-state index contributed by atoms with van der Waals surface area (Å²) < 4.78 is 38.2. The van der Waals surface area contributed by atoms with Crippen LogP contribution in [0.1, 0.15) is 12.0 Å². The quantitative estimate of drug-likeness (QED) is 0.556. The molecule has 1 aliphatic rings. The number of hydrazone groups is 1. The van der Waals surface area contributed by atoms with Gasteiger partial charge in [-0.15, -0.1) is 15.3 Å². The molecule has 0 aromatic heterocycles. The van der Waals surface area contributed by atoms with Gasteiger partial charge in [0.15, 0.2) is 0 Å². The summed E-state index contributed by atoms with van der Waals surface area (Å²) in [5.41, 5.74) is 4.63. The molecule has 4 rings (SSSR count). The fourth-order valence-electron chi connectivity index (χ4n) is 2.93. The van der Waals surface area contributed by atoms with Crippen LogP contribution in [0, 0.1) is 6.92 Å². The van der Waals surface area contributed by atoms with Gasteiger partial charge in [0.05, 0.1) is 23.8 Å². The van der Waals surface area contributed by atoms with Gasteiger partial charge < -0.3 is 9.47 Å². The van der Waals surface area contributed by atoms with E-state index in [9.17, 15) is 8.42 Å². The number of nitrogens with one attached hydrogen (secondary N) is 1. The fourth-order valence-corrected chi connectivity index (χ4v) is 3.95. The van der Waals surface area contributed by atoms with Crippen LogP contribution in [0.2, 0.25) is 0 Å². The molecule has 0 bridgehead atoms. The molecule has 0 amide bonds. The highest BCUT2D eigenvalue weighted by Crippen LogP contribution is 2.29. The molecule has 3 aromatic carbocycles. The van der Waals surface area contributed by atoms with Crippen molar-refractivity contribution in [2.75, 3.05) is 18.6 Å². The Kier molecular flexibility index (Phi) is 6.46. The molecule has 0 unspecified atom stereocenters. The zero-order chi connectivity index (χ0) is 22.4. The fraction of sp³-hybridized carbons (Fsp3) is 0.174. The average molecular weight is 451 g/mol. The molecule has 0 spiro atoms. The second-order valence-corrected chi connectivity index (χ2v) is 8.88. The summed E-state index contributed by atoms with van der Waals surface area (Å²) >= 11 is 0. The van der Waals surface area contributed by atoms with Gasteiger partial charge in [-0.3, -0.25) is 5.43 Å². The molecule has 1 aliphatic heterocycles. The molecule has 0 saturated carbocycles. The summed E-state index contributed by atoms with van der Waals surface area (Å²) in [6.45, 7) is 2.70. The number of azo groups is 1. The van der Waals surface area contributed by atoms with Gasteiger partial charge in [-0.2, -0.15) is 0 Å². The SMILES string of the molecule is Cc1ccc(S(=O)(=O)/C2=N\Nc3ccccc3OCCCOc3ccccc3N=N2)cc1. The molecule has 1 N–H and O–H groups in total. The van der Waals surface area contributed by atoms with Crippen molar-refractivity contribution >= 4 is 26.4 Å². The number of hydrogen-bond donors (Lipinski definition) is 1. The predicted octanol–water partition coefficient (Wildman–Crippen LogP) is 5.10. The van der Waals surface area contributed by atoms with Gasteiger partial charge in [-0.05, 0) is 43.3 Å². The molecule has 0 radical (unpaired) electrons. The lowest BCUT2D eigenvalue weighted by Gasteiger charge is -2.13. The Balaban J connectivity index is 1.80. The Morgan fingerprint density at radius 2 is 1.47 bits per heavy atom. The van der Waals surface area contributed by atoms with Crippen LogP contribution in [0.3, 0.4) is 0 Å². The van der Waals surface area contributed by atoms with E-state index < -0.39 is 15.0 Å². The second kappa shape index (κ2) is 9.61. The van der Waals surface area contributed by atoms with Crippen LogP contribution in [0.25, 0.3) is 0 Å². The summed E-state index contributed by atoms with van der Waals surface area (Å²) in [4.78, 5) is 0.0674. The molecule has 3 aromatic rings. The smallest absolute Gasteiger partial charge is 0.289 e. The van der Waals surface area contributed by atoms with Gasteiger partial charge in [0.2, 0.25) is 9.84 Å². The van der Waals surface area contributed by atoms with E-state index in [1.54, 1.807) is 48.5 Å². The number of sulfone groups is 1. The molecule has 32 heavy (non-hydrogen) atoms. The highest BCUT2D eigenvalue weighted by molar-refractivity contribution is 8.06. The van der Waals surface area contributed by atoms with E-state index in [0.717, 1.165) is 5.56 Å². The van der Waals surface area contributed by atoms with Crippen LogP contribution in [0.4, 0.5) is 11.4 Å². The minimum atomic E-state index is -4.04. The van der Waals surface area contributed by atoms with Crippen molar-refractivity contribution in [3.8, 4) is 11.5 Å². The van der Waals surface area contributed by atoms with Crippen LogP contribution in [-0.4, -0.2) is 26.8 Å². The first-order chi connectivity index (χ1) is 15.5. The van der Waals surface area contributed by atoms with Crippen LogP contribution in [0.15, 0.2) is 93.0 Å². The van der Waals surface area contributed by atoms with E-state index in [0.29, 0.717) is 42.5 Å². The number of para-hydroxylation sites is 3. The summed E-state index contributed by atoms with van der Waals surface area (Å²) in [5, 5.41) is 11.8. The number of amidine groups is 1. The molecule has 1 heterocycles. The Morgan fingerprint density at radius 3 is 2.25 bits per heavy atom. The van der Waals surface area contributed by atoms with E-state index in [1.807, 2.05) is 19.1 Å². The third-order valence-corrected chi connectivity index (χ3v) is 6.19. The standard InChI is InChI=1S/C23H22N4O4S/c1-17-11-13-18(14-12-17)32(28,29)23-26-24-19-7-2-4-9-21(19)30-15-6-16-31-22-10-5-3-8-20(22)25-27-23/h2-5,7-14,24H,6,15-16H2,1H3/b26-23-,27-25?. The zero-order valence-electron chi connectivity index (χ0n) is 17.4. The van der Waals surface area contributed by atoms with E-state index in [1.165, 1.54) is 12.1 Å². The van der Waals surface area contributed by atoms with Gasteiger partial charge >= 0.3 is 0 Å². The monoisotopic (exact) mass is 450 g/mol. The van der Waals surface area contributed by atoms with E-state index >= 15 is 0 Å². The Labute approximate surface area is 186 Å². The van der Waals surface area contributed by atoms with E-state index in [4.69, 9.17) is 9.47 Å². The van der Waals surface area contributed by atoms with Gasteiger partial charge in [0.25, 0.3) is 5.17 Å². The molecule has 0 fully saturated rings. The molecule has 164 valence electrons. The lowest BCUT2D eigenvalue weighted by molar-refractivity contribution is 0.248. The van der Waals surface area contributed by atoms with Crippen LogP contribution < -0.4 is 14.9 Å². The maximum atomic E-state index is 13.3. The van der Waals surface area contributed by atoms with Crippen LogP contribution in [-0.2, 0) is 9.84 Å². The third-order valence-electron chi connectivity index (χ3n) is 4.64. The number of benzene rings is 3. The van der Waals surface area contributed by atoms with Gasteiger partial charge in [0.1, 0.15) is 17.2 Å². The number of anilines is 1. The number of rotatable bonds is 1. The van der Waals surface area contributed by atoms with E-state index in [2.05, 4.69) is 20.8 Å². The van der Waals surface area contributed by atoms with Gasteiger partial charge in [-0.1, -0.05) is 42.0 Å². The maximum Gasteiger partial charge on any atom is 0.289 e. The molecule has 8 nitrogen and oxygen atoms in total. The molecule has 0 atom stereocenters. The minimum Gasteiger partial charge on any atom is -0.491 e. The zero-order valence-corrected chi connectivity index (χ0v) is 18.2. The third kappa shape index (κ3) is 4.94.